The summed E-state index contributed by atoms with van der Waals surface area (Å²) in [5, 5.41) is 17.3. The van der Waals surface area contributed by atoms with Crippen LogP contribution in [0.4, 0.5) is 18.0 Å². The number of H-pyrrole nitrogens is 1. The smallest absolute Gasteiger partial charge is 0.406 e. The van der Waals surface area contributed by atoms with E-state index in [-0.39, 0.29) is 29.7 Å². The fraction of sp³-hybridized carbons (Fsp3) is 0.565. The van der Waals surface area contributed by atoms with Crippen LogP contribution in [0.2, 0.25) is 0 Å². The normalized spacial score (nSPS) is 22.5. The Morgan fingerprint density at radius 3 is 2.42 bits per heavy atom. The van der Waals surface area contributed by atoms with Crippen molar-refractivity contribution < 1.29 is 27.8 Å². The number of aliphatic hydroxyl groups excluding tert-OH is 1. The number of rotatable bonds is 4. The van der Waals surface area contributed by atoms with Gasteiger partial charge < -0.3 is 19.6 Å². The number of carbonyl (C=O) groups is 1. The Hall–Kier alpha value is -2.75. The fourth-order valence-electron chi connectivity index (χ4n) is 4.68. The summed E-state index contributed by atoms with van der Waals surface area (Å²) in [6.07, 6.45) is -2.43. The first-order valence-electron chi connectivity index (χ1n) is 11.3. The van der Waals surface area contributed by atoms with E-state index < -0.39 is 6.36 Å². The maximum atomic E-state index is 13.3. The molecule has 33 heavy (non-hydrogen) atoms. The molecule has 7 nitrogen and oxygen atoms in total. The molecule has 2 aliphatic heterocycles. The zero-order valence-corrected chi connectivity index (χ0v) is 18.5. The lowest BCUT2D eigenvalue weighted by atomic mass is 9.83. The lowest BCUT2D eigenvalue weighted by Gasteiger charge is -2.41. The number of aryl methyl sites for hydroxylation is 1. The van der Waals surface area contributed by atoms with Gasteiger partial charge in [-0.25, -0.2) is 4.79 Å². The van der Waals surface area contributed by atoms with E-state index in [4.69, 9.17) is 0 Å². The van der Waals surface area contributed by atoms with E-state index in [9.17, 15) is 23.1 Å². The molecule has 2 fully saturated rings. The van der Waals surface area contributed by atoms with Crippen LogP contribution in [0.5, 0.6) is 5.75 Å². The first kappa shape index (κ1) is 23.4. The van der Waals surface area contributed by atoms with Gasteiger partial charge in [0.25, 0.3) is 0 Å². The molecule has 0 bridgehead atoms. The van der Waals surface area contributed by atoms with Gasteiger partial charge in [-0.05, 0) is 49.4 Å². The van der Waals surface area contributed by atoms with Crippen molar-refractivity contribution in [1.82, 2.24) is 20.0 Å². The molecular formula is C23H29F3N4O3. The Morgan fingerprint density at radius 1 is 1.15 bits per heavy atom. The van der Waals surface area contributed by atoms with Crippen LogP contribution >= 0.6 is 0 Å². The van der Waals surface area contributed by atoms with Crippen molar-refractivity contribution in [3.05, 3.63) is 47.3 Å². The van der Waals surface area contributed by atoms with Crippen LogP contribution in [-0.4, -0.2) is 69.8 Å². The molecule has 3 heterocycles. The van der Waals surface area contributed by atoms with Crippen LogP contribution in [0.15, 0.2) is 30.3 Å². The number of carbonyl (C=O) groups excluding carboxylic acids is 1. The van der Waals surface area contributed by atoms with Gasteiger partial charge in [-0.1, -0.05) is 19.1 Å². The van der Waals surface area contributed by atoms with Crippen LogP contribution in [-0.2, 0) is 6.42 Å². The summed E-state index contributed by atoms with van der Waals surface area (Å²) in [4.78, 5) is 16.9. The summed E-state index contributed by atoms with van der Waals surface area (Å²) in [6.45, 7) is 4.05. The number of aliphatic hydroxyl groups is 1. The van der Waals surface area contributed by atoms with E-state index in [2.05, 4.69) is 14.9 Å². The number of piperidine rings is 2. The highest BCUT2D eigenvalue weighted by Crippen LogP contribution is 2.37. The number of aromatic nitrogens is 2. The second-order valence-corrected chi connectivity index (χ2v) is 8.82. The minimum Gasteiger partial charge on any atom is -0.406 e. The van der Waals surface area contributed by atoms with E-state index in [1.165, 1.54) is 12.1 Å². The molecule has 0 spiro atoms. The first-order chi connectivity index (χ1) is 15.7. The van der Waals surface area contributed by atoms with Crippen LogP contribution in [0.3, 0.4) is 0 Å². The number of ether oxygens (including phenoxy) is 1. The third kappa shape index (κ3) is 5.79. The lowest BCUT2D eigenvalue weighted by Crippen LogP contribution is -2.51. The van der Waals surface area contributed by atoms with Crippen molar-refractivity contribution in [2.24, 2.45) is 0 Å². The van der Waals surface area contributed by atoms with Crippen molar-refractivity contribution >= 4 is 6.03 Å². The average molecular weight is 467 g/mol. The predicted molar refractivity (Wildman–Crippen MR) is 115 cm³/mol. The number of nitrogens with zero attached hydrogens (tertiary/aromatic N) is 3. The number of aromatic amines is 1. The Balaban J connectivity index is 1.54. The van der Waals surface area contributed by atoms with Crippen molar-refractivity contribution in [3.63, 3.8) is 0 Å². The van der Waals surface area contributed by atoms with Crippen molar-refractivity contribution in [1.29, 1.82) is 0 Å². The summed E-state index contributed by atoms with van der Waals surface area (Å²) in [7, 11) is 0. The summed E-state index contributed by atoms with van der Waals surface area (Å²) in [5.41, 5.74) is 2.76. The van der Waals surface area contributed by atoms with Crippen LogP contribution in [0.1, 0.15) is 55.0 Å². The largest absolute Gasteiger partial charge is 0.573 e. The van der Waals surface area contributed by atoms with E-state index >= 15 is 0 Å². The molecule has 1 aromatic heterocycles. The summed E-state index contributed by atoms with van der Waals surface area (Å²) >= 11 is 0. The monoisotopic (exact) mass is 466 g/mol. The highest BCUT2D eigenvalue weighted by Gasteiger charge is 2.36. The van der Waals surface area contributed by atoms with Crippen molar-refractivity contribution in [3.8, 4) is 5.75 Å². The number of alkyl halides is 3. The molecule has 2 unspecified atom stereocenters. The number of urea groups is 1. The maximum absolute atomic E-state index is 13.3. The van der Waals surface area contributed by atoms with Crippen molar-refractivity contribution in [2.45, 2.75) is 56.9 Å². The third-order valence-corrected chi connectivity index (χ3v) is 6.49. The Bertz CT molecular complexity index is 939. The Morgan fingerprint density at radius 2 is 1.82 bits per heavy atom. The summed E-state index contributed by atoms with van der Waals surface area (Å²) < 4.78 is 41.5. The molecule has 2 saturated heterocycles. The highest BCUT2D eigenvalue weighted by atomic mass is 19.4. The second kappa shape index (κ2) is 9.62. The molecule has 2 N–H and O–H groups in total. The third-order valence-electron chi connectivity index (χ3n) is 6.49. The van der Waals surface area contributed by atoms with Gasteiger partial charge in [-0.2, -0.15) is 5.10 Å². The number of halogens is 3. The number of benzene rings is 1. The first-order valence-corrected chi connectivity index (χ1v) is 11.3. The molecule has 4 rings (SSSR count). The number of nitrogens with one attached hydrogen (secondary N) is 1. The molecule has 1 aromatic carbocycles. The van der Waals surface area contributed by atoms with Crippen LogP contribution < -0.4 is 4.74 Å². The van der Waals surface area contributed by atoms with Gasteiger partial charge in [-0.15, -0.1) is 13.2 Å². The zero-order chi connectivity index (χ0) is 23.6. The number of hydrogen-bond acceptors (Lipinski definition) is 4. The minimum atomic E-state index is -4.74. The summed E-state index contributed by atoms with van der Waals surface area (Å²) in [6, 6.07) is 7.85. The van der Waals surface area contributed by atoms with Gasteiger partial charge in [0.15, 0.2) is 0 Å². The maximum Gasteiger partial charge on any atom is 0.573 e. The second-order valence-electron chi connectivity index (χ2n) is 8.82. The molecule has 2 amide bonds. The van der Waals surface area contributed by atoms with Crippen LogP contribution in [0.25, 0.3) is 0 Å². The standard InChI is InChI=1S/C23H29F3N4O3/c1-2-18-12-21(28-27-18)17-11-16(15-3-5-20(6-4-15)33-23(24,25)26)13-30(14-17)22(32)29-9-7-19(31)8-10-29/h3-6,12,16-17,19,31H,2,7-11,13-14H2,1H3,(H,27,28). The zero-order valence-electron chi connectivity index (χ0n) is 18.5. The van der Waals surface area contributed by atoms with E-state index in [1.807, 2.05) is 17.9 Å². The van der Waals surface area contributed by atoms with Gasteiger partial charge in [0.05, 0.1) is 11.8 Å². The van der Waals surface area contributed by atoms with E-state index in [0.717, 1.165) is 29.8 Å². The van der Waals surface area contributed by atoms with Gasteiger partial charge in [0.1, 0.15) is 5.75 Å². The molecular weight excluding hydrogens is 437 g/mol. The average Bonchev–Trinajstić information content (AvgIpc) is 3.28. The molecule has 0 aliphatic carbocycles. The highest BCUT2D eigenvalue weighted by molar-refractivity contribution is 5.75. The van der Waals surface area contributed by atoms with Gasteiger partial charge >= 0.3 is 12.4 Å². The van der Waals surface area contributed by atoms with Gasteiger partial charge in [0.2, 0.25) is 0 Å². The Labute approximate surface area is 190 Å². The van der Waals surface area contributed by atoms with Crippen molar-refractivity contribution in [2.75, 3.05) is 26.2 Å². The molecule has 0 radical (unpaired) electrons. The van der Waals surface area contributed by atoms with E-state index in [0.29, 0.717) is 39.0 Å². The minimum absolute atomic E-state index is 0.00531. The molecule has 2 atom stereocenters. The number of likely N-dealkylation sites (tertiary alicyclic amines) is 2. The lowest BCUT2D eigenvalue weighted by molar-refractivity contribution is -0.274. The number of hydrogen-bond donors (Lipinski definition) is 2. The molecule has 2 aromatic rings. The van der Waals surface area contributed by atoms with Gasteiger partial charge in [-0.3, -0.25) is 5.10 Å². The molecule has 180 valence electrons. The predicted octanol–water partition coefficient (Wildman–Crippen LogP) is 4.02. The quantitative estimate of drug-likeness (QED) is 0.713. The SMILES string of the molecule is CCc1cc(C2CC(c3ccc(OC(F)(F)F)cc3)CN(C(=O)N3CCC(O)CC3)C2)n[nH]1. The Kier molecular flexibility index (Phi) is 6.83. The molecule has 0 saturated carbocycles. The van der Waals surface area contributed by atoms with E-state index in [1.54, 1.807) is 17.0 Å². The fourth-order valence-corrected chi connectivity index (χ4v) is 4.68. The van der Waals surface area contributed by atoms with Gasteiger partial charge in [0, 0.05) is 43.7 Å². The molecule has 2 aliphatic rings. The molecule has 10 heteroatoms. The van der Waals surface area contributed by atoms with Crippen LogP contribution in [0, 0.1) is 0 Å². The summed E-state index contributed by atoms with van der Waals surface area (Å²) in [5.74, 6) is -0.311. The number of amides is 2. The topological polar surface area (TPSA) is 81.7 Å².